The fraction of sp³-hybridized carbons (Fsp3) is 0.552. The monoisotopic (exact) mass is 526 g/mol. The number of aliphatic hydroxyl groups is 2. The summed E-state index contributed by atoms with van der Waals surface area (Å²) in [5, 5.41) is 42.1. The Morgan fingerprint density at radius 2 is 1.89 bits per heavy atom. The maximum atomic E-state index is 17.3. The molecule has 9 heteroatoms. The molecule has 0 aliphatic heterocycles. The van der Waals surface area contributed by atoms with Crippen LogP contribution in [-0.2, 0) is 9.59 Å². The number of anilines is 1. The number of Topliss-reactive ketones (excluding diaryl/α,β-unsaturated/α-hetero) is 1. The summed E-state index contributed by atoms with van der Waals surface area (Å²) in [4.78, 5) is 25.1. The predicted octanol–water partition coefficient (Wildman–Crippen LogP) is 3.48. The summed E-state index contributed by atoms with van der Waals surface area (Å²) < 4.78 is 33.0. The highest BCUT2D eigenvalue weighted by Crippen LogP contribution is 2.70. The molecule has 0 spiro atoms. The van der Waals surface area contributed by atoms with Crippen LogP contribution in [0.5, 0.6) is 0 Å². The second-order valence-corrected chi connectivity index (χ2v) is 11.8. The van der Waals surface area contributed by atoms with Crippen molar-refractivity contribution >= 4 is 17.3 Å². The highest BCUT2D eigenvalue weighted by molar-refractivity contribution is 6.01. The van der Waals surface area contributed by atoms with Crippen LogP contribution >= 0.6 is 0 Å². The molecule has 3 fully saturated rings. The Kier molecular flexibility index (Phi) is 6.37. The van der Waals surface area contributed by atoms with Crippen LogP contribution in [0.25, 0.3) is 0 Å². The van der Waals surface area contributed by atoms with Gasteiger partial charge in [-0.1, -0.05) is 13.0 Å². The molecule has 0 saturated heterocycles. The normalized spacial score (nSPS) is 41.4. The molecule has 38 heavy (non-hydrogen) atoms. The molecule has 4 aliphatic carbocycles. The number of alkyl halides is 2. The molecule has 0 unspecified atom stereocenters. The Bertz CT molecular complexity index is 1260. The van der Waals surface area contributed by atoms with Crippen LogP contribution in [0.2, 0.25) is 0 Å². The van der Waals surface area contributed by atoms with E-state index in [1.165, 1.54) is 19.1 Å². The van der Waals surface area contributed by atoms with Gasteiger partial charge in [0, 0.05) is 23.8 Å². The largest absolute Gasteiger partial charge is 0.390 e. The molecule has 0 aromatic heterocycles. The summed E-state index contributed by atoms with van der Waals surface area (Å²) in [7, 11) is 0. The molecule has 5 rings (SSSR count). The number of ketones is 2. The zero-order valence-electron chi connectivity index (χ0n) is 21.3. The van der Waals surface area contributed by atoms with Crippen molar-refractivity contribution in [2.45, 2.75) is 51.1 Å². The third-order valence-electron chi connectivity index (χ3n) is 10.0. The number of hydroxylamine groups is 1. The van der Waals surface area contributed by atoms with E-state index < -0.39 is 70.6 Å². The summed E-state index contributed by atoms with van der Waals surface area (Å²) in [6.07, 6.45) is 0.576. The smallest absolute Gasteiger partial charge is 0.178 e. The maximum Gasteiger partial charge on any atom is 0.178 e. The minimum absolute atomic E-state index is 0.00756. The lowest BCUT2D eigenvalue weighted by atomic mass is 9.45. The molecule has 0 heterocycles. The number of fused-ring (bicyclic) bond motifs is 5. The fourth-order valence-corrected chi connectivity index (χ4v) is 8.33. The molecule has 7 nitrogen and oxygen atoms in total. The molecule has 1 aromatic carbocycles. The van der Waals surface area contributed by atoms with E-state index in [9.17, 15) is 25.0 Å². The predicted molar refractivity (Wildman–Crippen MR) is 133 cm³/mol. The summed E-state index contributed by atoms with van der Waals surface area (Å²) in [6.45, 7) is 2.57. The highest BCUT2D eigenvalue weighted by atomic mass is 19.1. The van der Waals surface area contributed by atoms with Crippen LogP contribution in [0.15, 0.2) is 48.1 Å². The number of nitriles is 1. The van der Waals surface area contributed by atoms with Crippen molar-refractivity contribution in [3.8, 4) is 6.07 Å². The van der Waals surface area contributed by atoms with E-state index >= 15 is 8.78 Å². The third kappa shape index (κ3) is 3.61. The van der Waals surface area contributed by atoms with Crippen LogP contribution in [0.1, 0.15) is 38.7 Å². The molecular formula is C29H32F2N2O5. The number of carbonyl (C=O) groups is 2. The molecule has 4 aliphatic rings. The van der Waals surface area contributed by atoms with Crippen LogP contribution in [-0.4, -0.2) is 58.1 Å². The van der Waals surface area contributed by atoms with Crippen molar-refractivity contribution in [2.24, 2.45) is 34.5 Å². The Labute approximate surface area is 220 Å². The Hall–Kier alpha value is -2.93. The quantitative estimate of drug-likeness (QED) is 0.502. The van der Waals surface area contributed by atoms with Crippen LogP contribution in [0.4, 0.5) is 14.5 Å². The average Bonchev–Trinajstić information content (AvgIpc) is 3.17. The zero-order chi connectivity index (χ0) is 27.6. The van der Waals surface area contributed by atoms with Gasteiger partial charge in [0.2, 0.25) is 0 Å². The van der Waals surface area contributed by atoms with Gasteiger partial charge in [-0.15, -0.1) is 0 Å². The molecular weight excluding hydrogens is 494 g/mol. The fourth-order valence-electron chi connectivity index (χ4n) is 8.33. The number of carbonyl (C=O) groups excluding carboxylic acids is 2. The van der Waals surface area contributed by atoms with E-state index in [1.54, 1.807) is 31.2 Å². The number of hydrogen-bond acceptors (Lipinski definition) is 7. The molecule has 3 N–H and O–H groups in total. The summed E-state index contributed by atoms with van der Waals surface area (Å²) in [5.74, 6) is -3.65. The molecule has 3 saturated carbocycles. The van der Waals surface area contributed by atoms with Gasteiger partial charge in [0.25, 0.3) is 0 Å². The number of benzene rings is 1. The van der Waals surface area contributed by atoms with E-state index in [2.05, 4.69) is 0 Å². The summed E-state index contributed by atoms with van der Waals surface area (Å²) in [6, 6.07) is 8.25. The van der Waals surface area contributed by atoms with Gasteiger partial charge in [0.05, 0.1) is 23.4 Å². The van der Waals surface area contributed by atoms with Gasteiger partial charge in [-0.2, -0.15) is 5.26 Å². The standard InChI is InChI=1S/C29H32F2N2O5/c1-27-12-25(37)29(31)21(11-23(30)22-10-19(35)7-8-28(22,29)2)20(27)9-17(26(27)24(36)15-34)14-33(38)18-5-3-16(13-32)4-6-18/h3-8,10,17,20-21,23,25-26,34,37-38H,9,11-12,14-15H2,1-2H3/t17-,20-,21-,23-,25-,26+,27-,28-,29-/m0/s1. The van der Waals surface area contributed by atoms with Crippen molar-refractivity contribution in [1.82, 2.24) is 0 Å². The van der Waals surface area contributed by atoms with Crippen molar-refractivity contribution < 1.29 is 33.8 Å². The molecule has 0 radical (unpaired) electrons. The van der Waals surface area contributed by atoms with Crippen LogP contribution in [0.3, 0.4) is 0 Å². The number of halogens is 2. The molecule has 0 amide bonds. The zero-order valence-corrected chi connectivity index (χ0v) is 21.3. The minimum atomic E-state index is -2.27. The molecule has 9 atom stereocenters. The van der Waals surface area contributed by atoms with Crippen molar-refractivity contribution in [2.75, 3.05) is 18.2 Å². The molecule has 0 bridgehead atoms. The van der Waals surface area contributed by atoms with Gasteiger partial charge < -0.3 is 10.2 Å². The lowest BCUT2D eigenvalue weighted by Crippen LogP contribution is -2.68. The number of allylic oxidation sites excluding steroid dienone is 4. The first-order valence-corrected chi connectivity index (χ1v) is 13.0. The second kappa shape index (κ2) is 9.08. The van der Waals surface area contributed by atoms with Gasteiger partial charge in [0.15, 0.2) is 17.2 Å². The number of nitrogens with zero attached hydrogens (tertiary/aromatic N) is 2. The first kappa shape index (κ1) is 26.7. The molecule has 202 valence electrons. The average molecular weight is 527 g/mol. The van der Waals surface area contributed by atoms with Crippen LogP contribution in [0, 0.1) is 45.8 Å². The SMILES string of the molecule is C[C@]12C[C@H](O)[C@@]3(F)[C@@H](C[C@H](F)C4=CC(=O)C=C[C@@]43C)[C@@H]1C[C@@H](CN(O)c1ccc(C#N)cc1)[C@@H]2C(=O)CO. The number of hydrogen-bond donors (Lipinski definition) is 3. The highest BCUT2D eigenvalue weighted by Gasteiger charge is 2.73. The van der Waals surface area contributed by atoms with Crippen molar-refractivity contribution in [3.05, 3.63) is 53.6 Å². The molecule has 1 aromatic rings. The first-order chi connectivity index (χ1) is 17.9. The Balaban J connectivity index is 1.53. The van der Waals surface area contributed by atoms with Gasteiger partial charge in [-0.3, -0.25) is 19.9 Å². The number of aliphatic hydroxyl groups excluding tert-OH is 2. The lowest BCUT2D eigenvalue weighted by Gasteiger charge is -2.62. The van der Waals surface area contributed by atoms with Gasteiger partial charge in [0.1, 0.15) is 12.8 Å². The lowest BCUT2D eigenvalue weighted by molar-refractivity contribution is -0.202. The van der Waals surface area contributed by atoms with Crippen LogP contribution < -0.4 is 5.06 Å². The van der Waals surface area contributed by atoms with Crippen molar-refractivity contribution in [1.29, 1.82) is 5.26 Å². The number of rotatable bonds is 5. The van der Waals surface area contributed by atoms with E-state index in [4.69, 9.17) is 5.26 Å². The van der Waals surface area contributed by atoms with Gasteiger partial charge >= 0.3 is 0 Å². The first-order valence-electron chi connectivity index (χ1n) is 13.0. The van der Waals surface area contributed by atoms with E-state index in [0.717, 1.165) is 11.1 Å². The van der Waals surface area contributed by atoms with Gasteiger partial charge in [-0.05, 0) is 85.4 Å². The minimum Gasteiger partial charge on any atom is -0.390 e. The van der Waals surface area contributed by atoms with Gasteiger partial charge in [-0.25, -0.2) is 8.78 Å². The van der Waals surface area contributed by atoms with Crippen molar-refractivity contribution in [3.63, 3.8) is 0 Å². The maximum absolute atomic E-state index is 17.3. The summed E-state index contributed by atoms with van der Waals surface area (Å²) >= 11 is 0. The topological polar surface area (TPSA) is 122 Å². The second-order valence-electron chi connectivity index (χ2n) is 11.8. The van der Waals surface area contributed by atoms with E-state index in [0.29, 0.717) is 11.3 Å². The third-order valence-corrected chi connectivity index (χ3v) is 10.0. The van der Waals surface area contributed by atoms with E-state index in [-0.39, 0.29) is 31.4 Å². The Morgan fingerprint density at radius 3 is 2.53 bits per heavy atom. The summed E-state index contributed by atoms with van der Waals surface area (Å²) in [5.41, 5.74) is -3.88. The van der Waals surface area contributed by atoms with E-state index in [1.807, 2.05) is 6.07 Å². The Morgan fingerprint density at radius 1 is 1.21 bits per heavy atom.